The molecule has 4 heteroatoms. The van der Waals surface area contributed by atoms with E-state index in [0.717, 1.165) is 24.6 Å². The van der Waals surface area contributed by atoms with Gasteiger partial charge in [0.15, 0.2) is 0 Å². The summed E-state index contributed by atoms with van der Waals surface area (Å²) in [6.07, 6.45) is 1.27. The van der Waals surface area contributed by atoms with Crippen LogP contribution in [0.4, 0.5) is 0 Å². The molecule has 3 nitrogen and oxygen atoms in total. The summed E-state index contributed by atoms with van der Waals surface area (Å²) in [6, 6.07) is 5.17. The predicted molar refractivity (Wildman–Crippen MR) is 75.0 cm³/mol. The number of likely N-dealkylation sites (tertiary alicyclic amines) is 1. The second-order valence-corrected chi connectivity index (χ2v) is 5.39. The van der Waals surface area contributed by atoms with Gasteiger partial charge in [-0.05, 0) is 50.2 Å². The van der Waals surface area contributed by atoms with Gasteiger partial charge in [-0.2, -0.15) is 0 Å². The van der Waals surface area contributed by atoms with Gasteiger partial charge in [0.2, 0.25) is 0 Å². The van der Waals surface area contributed by atoms with Gasteiger partial charge in [-0.1, -0.05) is 18.5 Å². The van der Waals surface area contributed by atoms with Crippen LogP contribution in [0.1, 0.15) is 18.9 Å². The molecule has 1 aliphatic heterocycles. The Morgan fingerprint density at radius 2 is 2.33 bits per heavy atom. The smallest absolute Gasteiger partial charge is 0.120 e. The Morgan fingerprint density at radius 3 is 3.06 bits per heavy atom. The van der Waals surface area contributed by atoms with Crippen LogP contribution in [-0.2, 0) is 6.54 Å². The van der Waals surface area contributed by atoms with E-state index in [1.807, 2.05) is 6.07 Å². The van der Waals surface area contributed by atoms with Gasteiger partial charge >= 0.3 is 0 Å². The highest BCUT2D eigenvalue weighted by Crippen LogP contribution is 2.21. The molecule has 18 heavy (non-hydrogen) atoms. The van der Waals surface area contributed by atoms with Crippen molar-refractivity contribution in [1.82, 2.24) is 10.2 Å². The molecule has 0 radical (unpaired) electrons. The van der Waals surface area contributed by atoms with Gasteiger partial charge in [-0.15, -0.1) is 0 Å². The summed E-state index contributed by atoms with van der Waals surface area (Å²) in [5.41, 5.74) is 0.868. The molecule has 0 aromatic heterocycles. The Labute approximate surface area is 114 Å². The van der Waals surface area contributed by atoms with Crippen molar-refractivity contribution >= 4 is 11.6 Å². The summed E-state index contributed by atoms with van der Waals surface area (Å²) < 4.78 is 0. The van der Waals surface area contributed by atoms with Crippen LogP contribution in [-0.4, -0.2) is 36.2 Å². The lowest BCUT2D eigenvalue weighted by molar-refractivity contribution is 0.338. The predicted octanol–water partition coefficient (Wildman–Crippen LogP) is 2.48. The molecule has 1 saturated heterocycles. The molecule has 1 aromatic carbocycles. The zero-order valence-electron chi connectivity index (χ0n) is 10.8. The molecule has 1 unspecified atom stereocenters. The Morgan fingerprint density at radius 1 is 1.50 bits per heavy atom. The fraction of sp³-hybridized carbons (Fsp3) is 0.571. The summed E-state index contributed by atoms with van der Waals surface area (Å²) in [4.78, 5) is 2.48. The van der Waals surface area contributed by atoms with Crippen molar-refractivity contribution in [1.29, 1.82) is 0 Å². The Kier molecular flexibility index (Phi) is 4.87. The minimum Gasteiger partial charge on any atom is -0.508 e. The van der Waals surface area contributed by atoms with Crippen LogP contribution in [0.25, 0.3) is 0 Å². The second-order valence-electron chi connectivity index (χ2n) is 4.95. The van der Waals surface area contributed by atoms with Gasteiger partial charge in [0.1, 0.15) is 5.75 Å². The van der Waals surface area contributed by atoms with E-state index >= 15 is 0 Å². The molecule has 1 aliphatic rings. The number of nitrogens with zero attached hydrogens (tertiary/aromatic N) is 1. The van der Waals surface area contributed by atoms with Crippen molar-refractivity contribution < 1.29 is 5.11 Å². The highest BCUT2D eigenvalue weighted by molar-refractivity contribution is 6.30. The molecule has 0 amide bonds. The molecule has 0 aliphatic carbocycles. The monoisotopic (exact) mass is 268 g/mol. The van der Waals surface area contributed by atoms with Crippen molar-refractivity contribution in [3.8, 4) is 5.75 Å². The van der Waals surface area contributed by atoms with E-state index in [1.165, 1.54) is 19.5 Å². The topological polar surface area (TPSA) is 35.5 Å². The van der Waals surface area contributed by atoms with Crippen molar-refractivity contribution in [2.24, 2.45) is 5.92 Å². The normalized spacial score (nSPS) is 20.4. The fourth-order valence-corrected chi connectivity index (χ4v) is 2.67. The number of benzene rings is 1. The number of phenolic OH excluding ortho intramolecular Hbond substituents is 1. The number of hydrogen-bond acceptors (Lipinski definition) is 3. The lowest BCUT2D eigenvalue weighted by Gasteiger charge is -2.14. The van der Waals surface area contributed by atoms with Gasteiger partial charge in [-0.3, -0.25) is 0 Å². The quantitative estimate of drug-likeness (QED) is 0.861. The number of rotatable bonds is 5. The van der Waals surface area contributed by atoms with Crippen molar-refractivity contribution in [3.05, 3.63) is 28.8 Å². The van der Waals surface area contributed by atoms with Gasteiger partial charge in [0.25, 0.3) is 0 Å². The highest BCUT2D eigenvalue weighted by Gasteiger charge is 2.20. The van der Waals surface area contributed by atoms with Crippen LogP contribution in [0.2, 0.25) is 5.02 Å². The van der Waals surface area contributed by atoms with Crippen molar-refractivity contribution in [2.45, 2.75) is 19.9 Å². The number of halogens is 1. The summed E-state index contributed by atoms with van der Waals surface area (Å²) in [7, 11) is 0. The average molecular weight is 269 g/mol. The summed E-state index contributed by atoms with van der Waals surface area (Å²) in [6.45, 7) is 7.43. The van der Waals surface area contributed by atoms with Gasteiger partial charge < -0.3 is 15.3 Å². The first-order valence-electron chi connectivity index (χ1n) is 6.59. The molecule has 100 valence electrons. The summed E-state index contributed by atoms with van der Waals surface area (Å²) >= 11 is 5.92. The van der Waals surface area contributed by atoms with Gasteiger partial charge in [-0.25, -0.2) is 0 Å². The SMILES string of the molecule is CCN1CCC(CNCc2cc(Cl)ccc2O)C1. The Hall–Kier alpha value is -0.770. The van der Waals surface area contributed by atoms with E-state index in [1.54, 1.807) is 12.1 Å². The van der Waals surface area contributed by atoms with E-state index in [2.05, 4.69) is 17.1 Å². The van der Waals surface area contributed by atoms with Crippen LogP contribution in [0, 0.1) is 5.92 Å². The van der Waals surface area contributed by atoms with E-state index in [0.29, 0.717) is 17.3 Å². The maximum atomic E-state index is 9.70. The molecule has 1 aromatic rings. The third kappa shape index (κ3) is 3.61. The molecule has 0 saturated carbocycles. The molecule has 1 fully saturated rings. The second kappa shape index (κ2) is 6.41. The molecular formula is C14H21ClN2O. The van der Waals surface area contributed by atoms with E-state index in [-0.39, 0.29) is 0 Å². The van der Waals surface area contributed by atoms with Crippen molar-refractivity contribution in [2.75, 3.05) is 26.2 Å². The molecule has 2 N–H and O–H groups in total. The molecule has 2 rings (SSSR count). The maximum Gasteiger partial charge on any atom is 0.120 e. The van der Waals surface area contributed by atoms with E-state index in [9.17, 15) is 5.11 Å². The number of phenols is 1. The lowest BCUT2D eigenvalue weighted by Crippen LogP contribution is -2.26. The standard InChI is InChI=1S/C14H21ClN2O/c1-2-17-6-5-11(10-17)8-16-9-12-7-13(15)3-4-14(12)18/h3-4,7,11,16,18H,2,5-6,8-10H2,1H3. The van der Waals surface area contributed by atoms with Crippen LogP contribution >= 0.6 is 11.6 Å². The van der Waals surface area contributed by atoms with Gasteiger partial charge in [0, 0.05) is 23.7 Å². The summed E-state index contributed by atoms with van der Waals surface area (Å²) in [5.74, 6) is 1.04. The first-order chi connectivity index (χ1) is 8.69. The Bertz CT molecular complexity index is 397. The summed E-state index contributed by atoms with van der Waals surface area (Å²) in [5, 5.41) is 13.8. The van der Waals surface area contributed by atoms with Crippen LogP contribution in [0.5, 0.6) is 5.75 Å². The minimum absolute atomic E-state index is 0.313. The zero-order chi connectivity index (χ0) is 13.0. The molecule has 0 bridgehead atoms. The minimum atomic E-state index is 0.313. The highest BCUT2D eigenvalue weighted by atomic mass is 35.5. The first kappa shape index (κ1) is 13.7. The molecular weight excluding hydrogens is 248 g/mol. The zero-order valence-corrected chi connectivity index (χ0v) is 11.6. The van der Waals surface area contributed by atoms with Gasteiger partial charge in [0.05, 0.1) is 0 Å². The van der Waals surface area contributed by atoms with E-state index < -0.39 is 0 Å². The molecule has 1 heterocycles. The fourth-order valence-electron chi connectivity index (χ4n) is 2.47. The van der Waals surface area contributed by atoms with Crippen LogP contribution in [0.3, 0.4) is 0 Å². The van der Waals surface area contributed by atoms with Crippen LogP contribution < -0.4 is 5.32 Å². The number of nitrogens with one attached hydrogen (secondary N) is 1. The van der Waals surface area contributed by atoms with Crippen molar-refractivity contribution in [3.63, 3.8) is 0 Å². The third-order valence-corrected chi connectivity index (χ3v) is 3.84. The molecule has 0 spiro atoms. The third-order valence-electron chi connectivity index (χ3n) is 3.61. The number of aromatic hydroxyl groups is 1. The van der Waals surface area contributed by atoms with Crippen LogP contribution in [0.15, 0.2) is 18.2 Å². The number of hydrogen-bond donors (Lipinski definition) is 2. The molecule has 1 atom stereocenters. The van der Waals surface area contributed by atoms with E-state index in [4.69, 9.17) is 11.6 Å². The first-order valence-corrected chi connectivity index (χ1v) is 6.97. The Balaban J connectivity index is 1.77. The maximum absolute atomic E-state index is 9.70. The average Bonchev–Trinajstić information content (AvgIpc) is 2.81. The lowest BCUT2D eigenvalue weighted by atomic mass is 10.1. The largest absolute Gasteiger partial charge is 0.508 e.